The lowest BCUT2D eigenvalue weighted by Crippen LogP contribution is -2.47. The number of aliphatic imine (C=N–C) groups is 1. The fraction of sp³-hybridized carbons (Fsp3) is 0.667. The van der Waals surface area contributed by atoms with Gasteiger partial charge in [0.1, 0.15) is 0 Å². The summed E-state index contributed by atoms with van der Waals surface area (Å²) in [6, 6.07) is 7.94. The molecule has 3 saturated heterocycles. The summed E-state index contributed by atoms with van der Waals surface area (Å²) in [5, 5.41) is 6.81. The van der Waals surface area contributed by atoms with Gasteiger partial charge in [-0.2, -0.15) is 4.31 Å². The molecule has 3 aliphatic rings. The molecule has 2 bridgehead atoms. The summed E-state index contributed by atoms with van der Waals surface area (Å²) in [5.74, 6) is 0.743. The van der Waals surface area contributed by atoms with Crippen LogP contribution in [0.2, 0.25) is 0 Å². The first-order valence-corrected chi connectivity index (χ1v) is 12.5. The number of benzene rings is 1. The van der Waals surface area contributed by atoms with Crippen molar-refractivity contribution in [2.24, 2.45) is 4.99 Å². The molecule has 0 aromatic heterocycles. The fourth-order valence-corrected chi connectivity index (χ4v) is 5.98. The van der Waals surface area contributed by atoms with Gasteiger partial charge in [0.25, 0.3) is 0 Å². The van der Waals surface area contributed by atoms with Crippen LogP contribution in [-0.2, 0) is 31.8 Å². The van der Waals surface area contributed by atoms with Crippen molar-refractivity contribution in [1.82, 2.24) is 14.9 Å². The predicted octanol–water partition coefficient (Wildman–Crippen LogP) is 1.22. The van der Waals surface area contributed by atoms with Gasteiger partial charge in [-0.1, -0.05) is 24.3 Å². The van der Waals surface area contributed by atoms with E-state index in [1.54, 1.807) is 0 Å². The number of nitrogens with one attached hydrogen (secondary N) is 2. The lowest BCUT2D eigenvalue weighted by molar-refractivity contribution is 0.0729. The van der Waals surface area contributed by atoms with Gasteiger partial charge in [0.05, 0.1) is 43.8 Å². The van der Waals surface area contributed by atoms with Gasteiger partial charge in [-0.3, -0.25) is 0 Å². The minimum atomic E-state index is -3.38. The zero-order valence-electron chi connectivity index (χ0n) is 17.5. The van der Waals surface area contributed by atoms with Crippen LogP contribution >= 0.6 is 0 Å². The number of ether oxygens (including phenoxy) is 2. The van der Waals surface area contributed by atoms with E-state index >= 15 is 0 Å². The van der Waals surface area contributed by atoms with Crippen LogP contribution in [0.25, 0.3) is 0 Å². The van der Waals surface area contributed by atoms with E-state index in [1.165, 1.54) is 4.31 Å². The molecule has 3 heterocycles. The number of fused-ring (bicyclic) bond motifs is 2. The number of nitrogens with zero attached hydrogens (tertiary/aromatic N) is 2. The van der Waals surface area contributed by atoms with Crippen molar-refractivity contribution >= 4 is 16.0 Å². The molecule has 3 atom stereocenters. The maximum atomic E-state index is 12.8. The normalized spacial score (nSPS) is 27.4. The van der Waals surface area contributed by atoms with Crippen molar-refractivity contribution in [3.05, 3.63) is 35.4 Å². The van der Waals surface area contributed by atoms with Gasteiger partial charge in [0, 0.05) is 19.6 Å². The van der Waals surface area contributed by atoms with Gasteiger partial charge in [-0.25, -0.2) is 13.4 Å². The largest absolute Gasteiger partial charge is 0.379 e. The fourth-order valence-electron chi connectivity index (χ4n) is 4.41. The lowest BCUT2D eigenvalue weighted by atomic mass is 9.96. The molecule has 0 radical (unpaired) electrons. The highest BCUT2D eigenvalue weighted by atomic mass is 32.2. The second-order valence-electron chi connectivity index (χ2n) is 8.09. The smallest absolute Gasteiger partial charge is 0.218 e. The SMILES string of the molecule is CCNC(=NCc1ccccc1CS(=O)(=O)N1CCOCC1)NC1CC2CCC1O2. The summed E-state index contributed by atoms with van der Waals surface area (Å²) in [7, 11) is -3.38. The van der Waals surface area contributed by atoms with Crippen LogP contribution in [0, 0.1) is 0 Å². The molecule has 3 unspecified atom stereocenters. The van der Waals surface area contributed by atoms with Gasteiger partial charge in [0.2, 0.25) is 10.0 Å². The number of rotatable bonds is 7. The molecular weight excluding hydrogens is 404 g/mol. The Bertz CT molecular complexity index is 854. The van der Waals surface area contributed by atoms with Crippen molar-refractivity contribution in [2.75, 3.05) is 32.8 Å². The van der Waals surface area contributed by atoms with Gasteiger partial charge in [-0.15, -0.1) is 0 Å². The van der Waals surface area contributed by atoms with E-state index in [4.69, 9.17) is 14.5 Å². The van der Waals surface area contributed by atoms with Crippen molar-refractivity contribution in [1.29, 1.82) is 0 Å². The van der Waals surface area contributed by atoms with E-state index in [-0.39, 0.29) is 11.9 Å². The Hall–Kier alpha value is -1.68. The van der Waals surface area contributed by atoms with E-state index in [0.29, 0.717) is 45.0 Å². The van der Waals surface area contributed by atoms with Crippen LogP contribution < -0.4 is 10.6 Å². The zero-order chi connectivity index (χ0) is 21.0. The monoisotopic (exact) mass is 436 g/mol. The van der Waals surface area contributed by atoms with Crippen LogP contribution in [0.15, 0.2) is 29.3 Å². The molecule has 30 heavy (non-hydrogen) atoms. The van der Waals surface area contributed by atoms with Crippen LogP contribution in [-0.4, -0.2) is 69.8 Å². The Morgan fingerprint density at radius 1 is 1.20 bits per heavy atom. The molecule has 4 rings (SSSR count). The van der Waals surface area contributed by atoms with Gasteiger partial charge in [0.15, 0.2) is 5.96 Å². The standard InChI is InChI=1S/C21H32N4O4S/c1-2-22-21(24-19-13-18-7-8-20(19)29-18)23-14-16-5-3-4-6-17(16)15-30(26,27)25-9-11-28-12-10-25/h3-6,18-20H,2,7-15H2,1H3,(H2,22,23,24). The summed E-state index contributed by atoms with van der Waals surface area (Å²) < 4.78 is 38.4. The number of morpholine rings is 1. The summed E-state index contributed by atoms with van der Waals surface area (Å²) in [6.07, 6.45) is 3.92. The molecule has 1 aromatic carbocycles. The maximum absolute atomic E-state index is 12.8. The second kappa shape index (κ2) is 9.64. The molecule has 0 saturated carbocycles. The first kappa shape index (κ1) is 21.5. The molecule has 3 aliphatic heterocycles. The molecule has 166 valence electrons. The number of hydrogen-bond donors (Lipinski definition) is 2. The highest BCUT2D eigenvalue weighted by Crippen LogP contribution is 2.34. The summed E-state index contributed by atoms with van der Waals surface area (Å²) >= 11 is 0. The maximum Gasteiger partial charge on any atom is 0.218 e. The van der Waals surface area contributed by atoms with E-state index in [0.717, 1.165) is 42.9 Å². The quantitative estimate of drug-likeness (QED) is 0.493. The average Bonchev–Trinajstić information content (AvgIpc) is 3.37. The first-order valence-electron chi connectivity index (χ1n) is 10.9. The molecule has 1 aromatic rings. The third-order valence-electron chi connectivity index (χ3n) is 6.00. The summed E-state index contributed by atoms with van der Waals surface area (Å²) in [5.41, 5.74) is 1.72. The van der Waals surface area contributed by atoms with Crippen LogP contribution in [0.5, 0.6) is 0 Å². The molecular formula is C21H32N4O4S. The molecule has 9 heteroatoms. The van der Waals surface area contributed by atoms with Gasteiger partial charge >= 0.3 is 0 Å². The Morgan fingerprint density at radius 2 is 1.97 bits per heavy atom. The summed E-state index contributed by atoms with van der Waals surface area (Å²) in [6.45, 7) is 4.97. The summed E-state index contributed by atoms with van der Waals surface area (Å²) in [4.78, 5) is 4.74. The van der Waals surface area contributed by atoms with E-state index in [2.05, 4.69) is 10.6 Å². The number of sulfonamides is 1. The Balaban J connectivity index is 1.44. The number of guanidine groups is 1. The number of hydrogen-bond acceptors (Lipinski definition) is 5. The highest BCUT2D eigenvalue weighted by Gasteiger charge is 2.41. The third-order valence-corrected chi connectivity index (χ3v) is 7.83. The predicted molar refractivity (Wildman–Crippen MR) is 116 cm³/mol. The second-order valence-corrected chi connectivity index (χ2v) is 10.1. The average molecular weight is 437 g/mol. The lowest BCUT2D eigenvalue weighted by Gasteiger charge is -2.26. The van der Waals surface area contributed by atoms with E-state index in [9.17, 15) is 8.42 Å². The minimum Gasteiger partial charge on any atom is -0.379 e. The Labute approximate surface area is 179 Å². The van der Waals surface area contributed by atoms with E-state index < -0.39 is 10.0 Å². The van der Waals surface area contributed by atoms with Crippen LogP contribution in [0.3, 0.4) is 0 Å². The minimum absolute atomic E-state index is 0.0110. The highest BCUT2D eigenvalue weighted by molar-refractivity contribution is 7.88. The Kier molecular flexibility index (Phi) is 6.92. The van der Waals surface area contributed by atoms with Crippen LogP contribution in [0.1, 0.15) is 37.3 Å². The molecule has 0 spiro atoms. The Morgan fingerprint density at radius 3 is 2.63 bits per heavy atom. The molecule has 2 N–H and O–H groups in total. The van der Waals surface area contributed by atoms with Crippen molar-refractivity contribution in [3.63, 3.8) is 0 Å². The van der Waals surface area contributed by atoms with Gasteiger partial charge in [-0.05, 0) is 37.3 Å². The third kappa shape index (κ3) is 5.14. The molecule has 0 aliphatic carbocycles. The topological polar surface area (TPSA) is 92.3 Å². The first-order chi connectivity index (χ1) is 14.5. The van der Waals surface area contributed by atoms with E-state index in [1.807, 2.05) is 31.2 Å². The van der Waals surface area contributed by atoms with Crippen molar-refractivity contribution in [2.45, 2.75) is 56.7 Å². The van der Waals surface area contributed by atoms with Crippen molar-refractivity contribution < 1.29 is 17.9 Å². The van der Waals surface area contributed by atoms with Crippen LogP contribution in [0.4, 0.5) is 0 Å². The zero-order valence-corrected chi connectivity index (χ0v) is 18.4. The molecule has 0 amide bonds. The van der Waals surface area contributed by atoms with Crippen molar-refractivity contribution in [3.8, 4) is 0 Å². The molecule has 3 fully saturated rings. The van der Waals surface area contributed by atoms with Gasteiger partial charge < -0.3 is 20.1 Å². The molecule has 8 nitrogen and oxygen atoms in total.